The quantitative estimate of drug-likeness (QED) is 0.700. The minimum Gasteiger partial charge on any atom is -0.467 e. The first kappa shape index (κ1) is 15.3. The Labute approximate surface area is 135 Å². The van der Waals surface area contributed by atoms with Crippen molar-refractivity contribution < 1.29 is 13.6 Å². The van der Waals surface area contributed by atoms with Crippen molar-refractivity contribution >= 4 is 17.7 Å². The van der Waals surface area contributed by atoms with Crippen molar-refractivity contribution in [1.82, 2.24) is 14.8 Å². The number of hydrogen-bond acceptors (Lipinski definition) is 5. The summed E-state index contributed by atoms with van der Waals surface area (Å²) in [6.45, 7) is 0.324. The molecule has 0 atom stereocenters. The van der Waals surface area contributed by atoms with Gasteiger partial charge in [-0.1, -0.05) is 23.9 Å². The van der Waals surface area contributed by atoms with Gasteiger partial charge in [0.1, 0.15) is 11.6 Å². The van der Waals surface area contributed by atoms with Gasteiger partial charge in [0.15, 0.2) is 11.0 Å². The Morgan fingerprint density at radius 1 is 1.26 bits per heavy atom. The number of thioether (sulfide) groups is 1. The molecule has 2 heterocycles. The molecule has 0 saturated carbocycles. The van der Waals surface area contributed by atoms with Crippen LogP contribution in [-0.4, -0.2) is 26.4 Å². The molecule has 6 nitrogen and oxygen atoms in total. The van der Waals surface area contributed by atoms with E-state index >= 15 is 0 Å². The molecule has 8 heteroatoms. The summed E-state index contributed by atoms with van der Waals surface area (Å²) in [5, 5.41) is 8.58. The van der Waals surface area contributed by atoms with Gasteiger partial charge < -0.3 is 10.2 Å². The van der Waals surface area contributed by atoms with E-state index in [2.05, 4.69) is 10.2 Å². The van der Waals surface area contributed by atoms with E-state index in [1.165, 1.54) is 6.07 Å². The van der Waals surface area contributed by atoms with Crippen LogP contribution in [0.2, 0.25) is 0 Å². The summed E-state index contributed by atoms with van der Waals surface area (Å²) < 4.78 is 21.1. The van der Waals surface area contributed by atoms with E-state index < -0.39 is 11.7 Å². The van der Waals surface area contributed by atoms with Crippen LogP contribution < -0.4 is 5.73 Å². The summed E-state index contributed by atoms with van der Waals surface area (Å²) in [5.74, 6) is 0.241. The molecule has 2 N–H and O–H groups in total. The van der Waals surface area contributed by atoms with E-state index in [4.69, 9.17) is 10.2 Å². The molecule has 0 fully saturated rings. The number of nitrogens with zero attached hydrogens (tertiary/aromatic N) is 3. The molecule has 0 aliphatic heterocycles. The van der Waals surface area contributed by atoms with Crippen molar-refractivity contribution in [3.8, 4) is 11.4 Å². The highest BCUT2D eigenvalue weighted by Crippen LogP contribution is 2.26. The van der Waals surface area contributed by atoms with Gasteiger partial charge in [0, 0.05) is 0 Å². The first-order valence-electron chi connectivity index (χ1n) is 6.76. The molecule has 2 aromatic heterocycles. The summed E-state index contributed by atoms with van der Waals surface area (Å²) in [7, 11) is 0. The highest BCUT2D eigenvalue weighted by atomic mass is 32.2. The summed E-state index contributed by atoms with van der Waals surface area (Å²) in [6, 6.07) is 9.87. The van der Waals surface area contributed by atoms with Crippen LogP contribution in [0, 0.1) is 5.82 Å². The molecular weight excluding hydrogens is 319 g/mol. The zero-order chi connectivity index (χ0) is 16.2. The number of rotatable bonds is 6. The first-order valence-corrected chi connectivity index (χ1v) is 7.75. The van der Waals surface area contributed by atoms with Crippen molar-refractivity contribution in [1.29, 1.82) is 0 Å². The summed E-state index contributed by atoms with van der Waals surface area (Å²) in [5.41, 5.74) is 5.50. The Balaban J connectivity index is 2.01. The fourth-order valence-corrected chi connectivity index (χ4v) is 2.75. The van der Waals surface area contributed by atoms with Crippen LogP contribution in [0.1, 0.15) is 5.76 Å². The summed E-state index contributed by atoms with van der Waals surface area (Å²) >= 11 is 1.15. The second-order valence-corrected chi connectivity index (χ2v) is 5.65. The zero-order valence-electron chi connectivity index (χ0n) is 12.0. The second kappa shape index (κ2) is 6.66. The van der Waals surface area contributed by atoms with E-state index in [0.29, 0.717) is 28.8 Å². The number of benzene rings is 1. The predicted molar refractivity (Wildman–Crippen MR) is 83.1 cm³/mol. The lowest BCUT2D eigenvalue weighted by atomic mass is 10.2. The fraction of sp³-hybridized carbons (Fsp3) is 0.133. The summed E-state index contributed by atoms with van der Waals surface area (Å²) in [4.78, 5) is 11.0. The standard InChI is InChI=1S/C15H13FN4O2S/c16-12-6-2-1-5-11(12)14-18-19-15(23-9-13(17)21)20(14)8-10-4-3-7-22-10/h1-7H,8-9H2,(H2,17,21). The van der Waals surface area contributed by atoms with Gasteiger partial charge in [-0.15, -0.1) is 10.2 Å². The molecule has 23 heavy (non-hydrogen) atoms. The highest BCUT2D eigenvalue weighted by molar-refractivity contribution is 7.99. The molecule has 0 aliphatic carbocycles. The van der Waals surface area contributed by atoms with Crippen LogP contribution >= 0.6 is 11.8 Å². The number of carbonyl (C=O) groups is 1. The fourth-order valence-electron chi connectivity index (χ4n) is 2.07. The Bertz CT molecular complexity index is 817. The van der Waals surface area contributed by atoms with Crippen molar-refractivity contribution in [2.45, 2.75) is 11.7 Å². The molecule has 0 bridgehead atoms. The molecule has 3 rings (SSSR count). The van der Waals surface area contributed by atoms with Crippen LogP contribution in [0.25, 0.3) is 11.4 Å². The lowest BCUT2D eigenvalue weighted by Crippen LogP contribution is -2.14. The highest BCUT2D eigenvalue weighted by Gasteiger charge is 2.18. The number of carbonyl (C=O) groups excluding carboxylic acids is 1. The minimum atomic E-state index is -0.463. The predicted octanol–water partition coefficient (Wildman–Crippen LogP) is 2.30. The van der Waals surface area contributed by atoms with Crippen LogP contribution in [-0.2, 0) is 11.3 Å². The van der Waals surface area contributed by atoms with Gasteiger partial charge >= 0.3 is 0 Å². The van der Waals surface area contributed by atoms with Crippen molar-refractivity contribution in [2.75, 3.05) is 5.75 Å². The minimum absolute atomic E-state index is 0.0631. The third-order valence-corrected chi connectivity index (χ3v) is 4.06. The Morgan fingerprint density at radius 2 is 2.09 bits per heavy atom. The number of primary amides is 1. The number of hydrogen-bond donors (Lipinski definition) is 1. The number of nitrogens with two attached hydrogens (primary N) is 1. The van der Waals surface area contributed by atoms with Crippen LogP contribution in [0.5, 0.6) is 0 Å². The zero-order valence-corrected chi connectivity index (χ0v) is 12.8. The maximum atomic E-state index is 14.1. The average molecular weight is 332 g/mol. The van der Waals surface area contributed by atoms with Gasteiger partial charge in [-0.2, -0.15) is 0 Å². The SMILES string of the molecule is NC(=O)CSc1nnc(-c2ccccc2F)n1Cc1ccco1. The number of halogens is 1. The molecule has 0 aliphatic rings. The molecule has 0 radical (unpaired) electrons. The third-order valence-electron chi connectivity index (χ3n) is 3.07. The van der Waals surface area contributed by atoms with E-state index in [1.54, 1.807) is 41.2 Å². The second-order valence-electron chi connectivity index (χ2n) is 4.71. The van der Waals surface area contributed by atoms with Gasteiger partial charge in [-0.3, -0.25) is 9.36 Å². The lowest BCUT2D eigenvalue weighted by Gasteiger charge is -2.08. The molecule has 1 aromatic carbocycles. The third kappa shape index (κ3) is 3.42. The molecule has 3 aromatic rings. The van der Waals surface area contributed by atoms with Crippen molar-refractivity contribution in [2.24, 2.45) is 5.73 Å². The Hall–Kier alpha value is -2.61. The summed E-state index contributed by atoms with van der Waals surface area (Å²) in [6.07, 6.45) is 1.55. The number of aromatic nitrogens is 3. The lowest BCUT2D eigenvalue weighted by molar-refractivity contribution is -0.115. The number of furan rings is 1. The average Bonchev–Trinajstić information content (AvgIpc) is 3.16. The van der Waals surface area contributed by atoms with E-state index in [-0.39, 0.29) is 5.75 Å². The Kier molecular flexibility index (Phi) is 4.42. The van der Waals surface area contributed by atoms with Crippen LogP contribution in [0.3, 0.4) is 0 Å². The molecule has 0 spiro atoms. The van der Waals surface area contributed by atoms with Crippen molar-refractivity contribution in [3.05, 3.63) is 54.2 Å². The van der Waals surface area contributed by atoms with Gasteiger partial charge in [0.25, 0.3) is 0 Å². The van der Waals surface area contributed by atoms with Gasteiger partial charge in [0.2, 0.25) is 5.91 Å². The van der Waals surface area contributed by atoms with Gasteiger partial charge in [-0.25, -0.2) is 4.39 Å². The maximum absolute atomic E-state index is 14.1. The van der Waals surface area contributed by atoms with E-state index in [9.17, 15) is 9.18 Å². The molecule has 118 valence electrons. The van der Waals surface area contributed by atoms with E-state index in [1.807, 2.05) is 0 Å². The molecule has 0 unspecified atom stereocenters. The molecule has 1 amide bonds. The van der Waals surface area contributed by atoms with E-state index in [0.717, 1.165) is 11.8 Å². The largest absolute Gasteiger partial charge is 0.467 e. The topological polar surface area (TPSA) is 86.9 Å². The monoisotopic (exact) mass is 332 g/mol. The van der Waals surface area contributed by atoms with Gasteiger partial charge in [-0.05, 0) is 24.3 Å². The smallest absolute Gasteiger partial charge is 0.227 e. The molecular formula is C15H13FN4O2S. The maximum Gasteiger partial charge on any atom is 0.227 e. The Morgan fingerprint density at radius 3 is 2.78 bits per heavy atom. The van der Waals surface area contributed by atoms with Crippen LogP contribution in [0.4, 0.5) is 4.39 Å². The normalized spacial score (nSPS) is 10.8. The molecule has 0 saturated heterocycles. The van der Waals surface area contributed by atoms with Gasteiger partial charge in [0.05, 0.1) is 24.1 Å². The van der Waals surface area contributed by atoms with Crippen LogP contribution in [0.15, 0.2) is 52.2 Å². The van der Waals surface area contributed by atoms with Crippen molar-refractivity contribution in [3.63, 3.8) is 0 Å². The number of amides is 1. The first-order chi connectivity index (χ1) is 11.1.